The minimum atomic E-state index is -0.851. The summed E-state index contributed by atoms with van der Waals surface area (Å²) in [5.74, 6) is -1.05. The quantitative estimate of drug-likeness (QED) is 0.0391. The predicted octanol–water partition coefficient (Wildman–Crippen LogP) is 13.5. The Morgan fingerprint density at radius 3 is 1.80 bits per heavy atom. The van der Waals surface area contributed by atoms with Crippen LogP contribution >= 0.6 is 0 Å². The van der Waals surface area contributed by atoms with Gasteiger partial charge in [0, 0.05) is 68.4 Å². The molecular formula is C67H96O14. The SMILES string of the molecule is CCOC(=O)/C=C/C=C/C=C/C=C/C=C/C=C/C[C@@H]1OC(C)(C)O[C@H](C[C@H]2C[C@@H](C[C@H](C[C@H]3C[C@H](C[C@@H]4C[C@H](/C=C/[C@H](C)[C@@H](O)C(C)C)OC(C)(C)O4)OC(C)(C)O3)OCc3ccc(OC)cc3)O[C@@H](c3ccc(OC)cc3)O2)[C@H]1C. The molecule has 14 nitrogen and oxygen atoms in total. The zero-order valence-corrected chi connectivity index (χ0v) is 50.6. The smallest absolute Gasteiger partial charge is 0.330 e. The molecule has 81 heavy (non-hydrogen) atoms. The fourth-order valence-electron chi connectivity index (χ4n) is 11.1. The number of rotatable bonds is 27. The molecule has 0 bridgehead atoms. The topological polar surface area (TPSA) is 148 Å². The summed E-state index contributed by atoms with van der Waals surface area (Å²) in [5, 5.41) is 10.7. The molecule has 0 unspecified atom stereocenters. The van der Waals surface area contributed by atoms with Crippen molar-refractivity contribution < 1.29 is 66.7 Å². The van der Waals surface area contributed by atoms with Gasteiger partial charge in [-0.05, 0) is 90.6 Å². The average molecular weight is 1130 g/mol. The van der Waals surface area contributed by atoms with Crippen molar-refractivity contribution in [1.82, 2.24) is 0 Å². The average Bonchev–Trinajstić information content (AvgIpc) is 3.43. The van der Waals surface area contributed by atoms with Crippen LogP contribution in [0.3, 0.4) is 0 Å². The number of aliphatic hydroxyl groups is 1. The number of allylic oxidation sites excluding steroid dienone is 10. The number of aliphatic hydroxyl groups excluding tert-OH is 1. The zero-order chi connectivity index (χ0) is 58.6. The summed E-state index contributed by atoms with van der Waals surface area (Å²) in [6.45, 7) is 22.7. The van der Waals surface area contributed by atoms with Gasteiger partial charge in [0.05, 0.1) is 88.5 Å². The van der Waals surface area contributed by atoms with Gasteiger partial charge in [-0.1, -0.05) is 131 Å². The Balaban J connectivity index is 1.15. The Bertz CT molecular complexity index is 2400. The van der Waals surface area contributed by atoms with Crippen molar-refractivity contribution in [3.8, 4) is 11.5 Å². The molecule has 13 atom stereocenters. The molecule has 0 aromatic heterocycles. The fraction of sp³-hybridized carbons (Fsp3) is 0.597. The third-order valence-electron chi connectivity index (χ3n) is 15.0. The lowest BCUT2D eigenvalue weighted by Crippen LogP contribution is -2.51. The molecule has 4 saturated heterocycles. The van der Waals surface area contributed by atoms with E-state index in [1.54, 1.807) is 33.3 Å². The number of esters is 1. The molecule has 448 valence electrons. The van der Waals surface area contributed by atoms with E-state index in [-0.39, 0.29) is 78.7 Å². The molecule has 6 rings (SSSR count). The van der Waals surface area contributed by atoms with Crippen LogP contribution in [0, 0.1) is 17.8 Å². The van der Waals surface area contributed by atoms with E-state index in [1.807, 2.05) is 159 Å². The van der Waals surface area contributed by atoms with Gasteiger partial charge in [0.2, 0.25) is 0 Å². The molecule has 0 amide bonds. The first-order valence-electron chi connectivity index (χ1n) is 29.4. The summed E-state index contributed by atoms with van der Waals surface area (Å²) in [4.78, 5) is 11.4. The summed E-state index contributed by atoms with van der Waals surface area (Å²) in [6.07, 6.45) is 29.3. The van der Waals surface area contributed by atoms with E-state index in [9.17, 15) is 9.90 Å². The van der Waals surface area contributed by atoms with Crippen molar-refractivity contribution >= 4 is 5.97 Å². The molecule has 0 radical (unpaired) electrons. The Morgan fingerprint density at radius 2 is 1.17 bits per heavy atom. The molecule has 1 N–H and O–H groups in total. The van der Waals surface area contributed by atoms with Gasteiger partial charge >= 0.3 is 5.97 Å². The van der Waals surface area contributed by atoms with E-state index in [4.69, 9.17) is 56.8 Å². The normalized spacial score (nSPS) is 29.2. The van der Waals surface area contributed by atoms with Gasteiger partial charge in [0.25, 0.3) is 0 Å². The molecule has 2 aromatic carbocycles. The fourth-order valence-corrected chi connectivity index (χ4v) is 11.1. The van der Waals surface area contributed by atoms with Gasteiger partial charge in [-0.3, -0.25) is 0 Å². The third kappa shape index (κ3) is 22.4. The maximum absolute atomic E-state index is 11.4. The molecule has 4 aliphatic rings. The number of hydrogen-bond acceptors (Lipinski definition) is 14. The van der Waals surface area contributed by atoms with Crippen molar-refractivity contribution in [1.29, 1.82) is 0 Å². The zero-order valence-electron chi connectivity index (χ0n) is 50.6. The second kappa shape index (κ2) is 31.8. The molecular weight excluding hydrogens is 1030 g/mol. The number of benzene rings is 2. The van der Waals surface area contributed by atoms with Crippen LogP contribution in [0.15, 0.2) is 134 Å². The van der Waals surface area contributed by atoms with E-state index in [2.05, 4.69) is 25.2 Å². The van der Waals surface area contributed by atoms with E-state index >= 15 is 0 Å². The van der Waals surface area contributed by atoms with Crippen LogP contribution < -0.4 is 9.47 Å². The molecule has 4 heterocycles. The van der Waals surface area contributed by atoms with Gasteiger partial charge < -0.3 is 61.9 Å². The van der Waals surface area contributed by atoms with Crippen LogP contribution in [0.4, 0.5) is 0 Å². The van der Waals surface area contributed by atoms with E-state index in [0.29, 0.717) is 58.2 Å². The second-order valence-corrected chi connectivity index (χ2v) is 23.6. The van der Waals surface area contributed by atoms with Gasteiger partial charge in [0.15, 0.2) is 23.7 Å². The van der Waals surface area contributed by atoms with Crippen LogP contribution in [0.2, 0.25) is 0 Å². The summed E-state index contributed by atoms with van der Waals surface area (Å²) < 4.78 is 76.4. The number of ether oxygens (including phenoxy) is 12. The summed E-state index contributed by atoms with van der Waals surface area (Å²) >= 11 is 0. The maximum atomic E-state index is 11.4. The van der Waals surface area contributed by atoms with Crippen molar-refractivity contribution in [2.45, 2.75) is 219 Å². The minimum Gasteiger partial charge on any atom is -0.497 e. The van der Waals surface area contributed by atoms with Crippen LogP contribution in [0.25, 0.3) is 0 Å². The van der Waals surface area contributed by atoms with Crippen molar-refractivity contribution in [2.24, 2.45) is 17.8 Å². The summed E-state index contributed by atoms with van der Waals surface area (Å²) in [7, 11) is 3.33. The van der Waals surface area contributed by atoms with Gasteiger partial charge in [0.1, 0.15) is 11.5 Å². The lowest BCUT2D eigenvalue weighted by molar-refractivity contribution is -0.328. The molecule has 4 aliphatic heterocycles. The van der Waals surface area contributed by atoms with Crippen molar-refractivity contribution in [2.75, 3.05) is 20.8 Å². The maximum Gasteiger partial charge on any atom is 0.330 e. The molecule has 0 aliphatic carbocycles. The Kier molecular flexibility index (Phi) is 25.7. The number of hydrogen-bond donors (Lipinski definition) is 1. The van der Waals surface area contributed by atoms with Crippen LogP contribution in [0.5, 0.6) is 11.5 Å². The first-order valence-corrected chi connectivity index (χ1v) is 29.4. The molecule has 14 heteroatoms. The first kappa shape index (κ1) is 65.4. The van der Waals surface area contributed by atoms with Crippen LogP contribution in [-0.2, 0) is 58.8 Å². The number of methoxy groups -OCH3 is 2. The Morgan fingerprint density at radius 1 is 0.642 bits per heavy atom. The highest BCUT2D eigenvalue weighted by atomic mass is 16.7. The molecule has 0 saturated carbocycles. The predicted molar refractivity (Wildman–Crippen MR) is 315 cm³/mol. The van der Waals surface area contributed by atoms with Crippen LogP contribution in [-0.4, -0.2) is 110 Å². The highest BCUT2D eigenvalue weighted by Crippen LogP contribution is 2.41. The van der Waals surface area contributed by atoms with E-state index < -0.39 is 29.8 Å². The monoisotopic (exact) mass is 1120 g/mol. The third-order valence-corrected chi connectivity index (χ3v) is 15.0. The molecule has 4 fully saturated rings. The number of carbonyl (C=O) groups excluding carboxylic acids is 1. The van der Waals surface area contributed by atoms with E-state index in [0.717, 1.165) is 29.0 Å². The largest absolute Gasteiger partial charge is 0.497 e. The van der Waals surface area contributed by atoms with Gasteiger partial charge in [-0.15, -0.1) is 0 Å². The number of carbonyl (C=O) groups is 1. The Hall–Kier alpha value is -4.71. The molecule has 2 aromatic rings. The van der Waals surface area contributed by atoms with Crippen molar-refractivity contribution in [3.63, 3.8) is 0 Å². The summed E-state index contributed by atoms with van der Waals surface area (Å²) in [5.41, 5.74) is 1.93. The lowest BCUT2D eigenvalue weighted by Gasteiger charge is -2.47. The first-order chi connectivity index (χ1) is 38.6. The summed E-state index contributed by atoms with van der Waals surface area (Å²) in [6, 6.07) is 15.9. The van der Waals surface area contributed by atoms with E-state index in [1.165, 1.54) is 6.08 Å². The lowest BCUT2D eigenvalue weighted by atomic mass is 9.87. The highest BCUT2D eigenvalue weighted by Gasteiger charge is 2.45. The van der Waals surface area contributed by atoms with Gasteiger partial charge in [-0.2, -0.15) is 0 Å². The second-order valence-electron chi connectivity index (χ2n) is 23.6. The standard InChI is InChI=1S/C67H96O14/c1-14-72-62(68)27-25-23-21-19-17-15-16-18-20-22-24-26-60-48(5)61(81-67(10,11)80-60)44-56-41-55(74-64(75-56)50-31-36-52(71-13)37-32-50)39-54(73-45-49-29-34-51(70-12)35-30-49)40-58-43-59(79-66(8,9)78-58)42-57-38-53(76-65(6,7)77-57)33-28-47(4)63(69)46(2)3/h15-25,27-37,46-48,53-61,63-64,69H,14,26,38-45H2,1-13H3/b16-15+,19-17+,20-18+,23-21+,24-22+,27-25+,33-28+/t47-,48-,53-,54+,55+,56+,57-,58-,59-,60-,61+,63-,64+/m0/s1. The highest BCUT2D eigenvalue weighted by molar-refractivity contribution is 5.82. The Labute approximate surface area is 484 Å². The van der Waals surface area contributed by atoms with Crippen molar-refractivity contribution in [3.05, 3.63) is 145 Å². The van der Waals surface area contributed by atoms with Crippen LogP contribution in [0.1, 0.15) is 145 Å². The van der Waals surface area contributed by atoms with Gasteiger partial charge in [-0.25, -0.2) is 4.79 Å². The molecule has 0 spiro atoms. The minimum absolute atomic E-state index is 0.00341.